The lowest BCUT2D eigenvalue weighted by molar-refractivity contribution is -0.660. The molecule has 128 valence electrons. The monoisotopic (exact) mass is 341 g/mol. The molecule has 2 nitrogen and oxygen atoms in total. The first-order valence-corrected chi connectivity index (χ1v) is 8.08. The average Bonchev–Trinajstić information content (AvgIpc) is 2.67. The predicted octanol–water partition coefficient (Wildman–Crippen LogP) is 4.21. The van der Waals surface area contributed by atoms with Crippen LogP contribution in [0.25, 0.3) is 22.5 Å². The van der Waals surface area contributed by atoms with E-state index in [2.05, 4.69) is 0 Å². The number of benzene rings is 1. The Balaban J connectivity index is 2.40. The Morgan fingerprint density at radius 2 is 1.52 bits per heavy atom. The van der Waals surface area contributed by atoms with E-state index < -0.39 is 20.6 Å². The summed E-state index contributed by atoms with van der Waals surface area (Å²) in [5.74, 6) is 0. The van der Waals surface area contributed by atoms with E-state index in [0.29, 0.717) is 16.8 Å². The molecular formula is C23H28N2+2. The number of hydrogen-bond acceptors (Lipinski definition) is 0. The Kier molecular flexibility index (Phi) is 2.39. The van der Waals surface area contributed by atoms with E-state index >= 15 is 0 Å². The summed E-state index contributed by atoms with van der Waals surface area (Å²) in [6.07, 6.45) is 3.16. The van der Waals surface area contributed by atoms with E-state index in [-0.39, 0.29) is 16.7 Å². The minimum atomic E-state index is -2.43. The van der Waals surface area contributed by atoms with E-state index in [1.165, 1.54) is 12.1 Å². The largest absolute Gasteiger partial charge is 0.213 e. The molecule has 0 aliphatic rings. The number of rotatable bonds is 2. The lowest BCUT2D eigenvalue weighted by Gasteiger charge is -2.15. The molecule has 1 aromatic carbocycles. The molecule has 25 heavy (non-hydrogen) atoms. The van der Waals surface area contributed by atoms with Gasteiger partial charge in [-0.1, -0.05) is 6.07 Å². The van der Waals surface area contributed by atoms with E-state index in [0.717, 1.165) is 16.8 Å². The van der Waals surface area contributed by atoms with Gasteiger partial charge in [0.2, 0.25) is 11.4 Å². The fourth-order valence-electron chi connectivity index (χ4n) is 3.39. The van der Waals surface area contributed by atoms with Crippen LogP contribution in [0, 0.1) is 34.4 Å². The molecule has 0 radical (unpaired) electrons. The Labute approximate surface area is 164 Å². The topological polar surface area (TPSA) is 7.76 Å². The van der Waals surface area contributed by atoms with Gasteiger partial charge in [-0.3, -0.25) is 0 Å². The molecule has 2 aromatic heterocycles. The minimum absolute atomic E-state index is 0.117. The molecule has 0 saturated carbocycles. The van der Waals surface area contributed by atoms with Crippen molar-refractivity contribution in [3.63, 3.8) is 0 Å². The summed E-state index contributed by atoms with van der Waals surface area (Å²) in [5, 5.41) is 0. The number of aryl methyl sites for hydroxylation is 6. The second kappa shape index (κ2) is 6.44. The SMILES string of the molecule is [2H]C([2H])([2H])c1cc[n+](C)c(-c2c(C([2H])([2H])[2H])cc(C)c(-c3ccc(C([2H])([2H])[2H])c[n+]3C)c2C)c1. The van der Waals surface area contributed by atoms with Crippen molar-refractivity contribution in [1.82, 2.24) is 0 Å². The fraction of sp³-hybridized carbons (Fsp3) is 0.304. The van der Waals surface area contributed by atoms with E-state index in [1.807, 2.05) is 13.8 Å². The molecule has 0 saturated heterocycles. The molecule has 0 atom stereocenters. The van der Waals surface area contributed by atoms with Gasteiger partial charge in [-0.15, -0.1) is 0 Å². The lowest BCUT2D eigenvalue weighted by Crippen LogP contribution is -2.32. The Morgan fingerprint density at radius 1 is 0.760 bits per heavy atom. The van der Waals surface area contributed by atoms with Crippen molar-refractivity contribution >= 4 is 0 Å². The maximum absolute atomic E-state index is 8.16. The quantitative estimate of drug-likeness (QED) is 0.617. The van der Waals surface area contributed by atoms with Crippen molar-refractivity contribution in [2.24, 2.45) is 14.1 Å². The molecule has 0 bridgehead atoms. The molecule has 3 rings (SSSR count). The zero-order valence-electron chi connectivity index (χ0n) is 23.9. The molecular weight excluding hydrogens is 304 g/mol. The molecule has 2 heterocycles. The Hall–Kier alpha value is -2.48. The summed E-state index contributed by atoms with van der Waals surface area (Å²) < 4.78 is 74.4. The van der Waals surface area contributed by atoms with Crippen LogP contribution in [0.3, 0.4) is 0 Å². The smallest absolute Gasteiger partial charge is 0.201 e. The summed E-state index contributed by atoms with van der Waals surface area (Å²) in [6.45, 7) is -3.40. The van der Waals surface area contributed by atoms with Crippen molar-refractivity contribution in [2.75, 3.05) is 0 Å². The second-order valence-corrected chi connectivity index (χ2v) is 6.44. The van der Waals surface area contributed by atoms with Crippen LogP contribution in [-0.4, -0.2) is 0 Å². The van der Waals surface area contributed by atoms with E-state index in [9.17, 15) is 0 Å². The van der Waals surface area contributed by atoms with Crippen LogP contribution < -0.4 is 9.13 Å². The summed E-state index contributed by atoms with van der Waals surface area (Å²) in [5.41, 5.74) is 4.23. The molecule has 0 amide bonds. The Morgan fingerprint density at radius 3 is 2.20 bits per heavy atom. The van der Waals surface area contributed by atoms with Gasteiger partial charge in [-0.05, 0) is 62.7 Å². The van der Waals surface area contributed by atoms with Crippen LogP contribution in [0.5, 0.6) is 0 Å². The number of nitrogens with zero attached hydrogens (tertiary/aromatic N) is 2. The van der Waals surface area contributed by atoms with Gasteiger partial charge in [0.15, 0.2) is 12.4 Å². The van der Waals surface area contributed by atoms with Gasteiger partial charge in [-0.2, -0.15) is 0 Å². The van der Waals surface area contributed by atoms with Crippen LogP contribution in [0.4, 0.5) is 0 Å². The summed E-state index contributed by atoms with van der Waals surface area (Å²) >= 11 is 0. The highest BCUT2D eigenvalue weighted by atomic mass is 14.9. The maximum atomic E-state index is 8.16. The van der Waals surface area contributed by atoms with Crippen LogP contribution in [-0.2, 0) is 14.1 Å². The summed E-state index contributed by atoms with van der Waals surface area (Å²) in [6, 6.07) is 7.90. The van der Waals surface area contributed by atoms with Gasteiger partial charge >= 0.3 is 0 Å². The van der Waals surface area contributed by atoms with Crippen LogP contribution in [0.1, 0.15) is 40.2 Å². The predicted molar refractivity (Wildman–Crippen MR) is 103 cm³/mol. The third kappa shape index (κ3) is 3.09. The van der Waals surface area contributed by atoms with Gasteiger partial charge in [0.25, 0.3) is 0 Å². The molecule has 0 aliphatic carbocycles. The average molecular weight is 342 g/mol. The third-order valence-corrected chi connectivity index (χ3v) is 4.57. The molecule has 0 fully saturated rings. The highest BCUT2D eigenvalue weighted by Gasteiger charge is 2.23. The first-order valence-electron chi connectivity index (χ1n) is 12.6. The number of pyridine rings is 2. The van der Waals surface area contributed by atoms with Crippen molar-refractivity contribution in [3.8, 4) is 22.5 Å². The minimum Gasteiger partial charge on any atom is -0.201 e. The zero-order valence-corrected chi connectivity index (χ0v) is 14.9. The number of aromatic nitrogens is 2. The summed E-state index contributed by atoms with van der Waals surface area (Å²) in [7, 11) is 3.49. The maximum Gasteiger partial charge on any atom is 0.213 e. The van der Waals surface area contributed by atoms with Crippen molar-refractivity contribution < 1.29 is 21.5 Å². The molecule has 3 aromatic rings. The van der Waals surface area contributed by atoms with Gasteiger partial charge in [0.05, 0.1) is 11.1 Å². The molecule has 0 aliphatic heterocycles. The van der Waals surface area contributed by atoms with Crippen LogP contribution >= 0.6 is 0 Å². The fourth-order valence-corrected chi connectivity index (χ4v) is 3.39. The molecule has 0 spiro atoms. The lowest BCUT2D eigenvalue weighted by atomic mass is 9.89. The molecule has 2 heteroatoms. The van der Waals surface area contributed by atoms with Gasteiger partial charge < -0.3 is 0 Å². The molecule has 0 unspecified atom stereocenters. The third-order valence-electron chi connectivity index (χ3n) is 4.57. The van der Waals surface area contributed by atoms with E-state index in [4.69, 9.17) is 12.3 Å². The zero-order chi connectivity index (χ0) is 25.8. The van der Waals surface area contributed by atoms with Crippen LogP contribution in [0.2, 0.25) is 0 Å². The Bertz CT molecular complexity index is 1250. The highest BCUT2D eigenvalue weighted by Crippen LogP contribution is 2.34. The first kappa shape index (κ1) is 9.28. The van der Waals surface area contributed by atoms with Crippen molar-refractivity contribution in [2.45, 2.75) is 34.4 Å². The van der Waals surface area contributed by atoms with E-state index in [1.54, 1.807) is 53.8 Å². The highest BCUT2D eigenvalue weighted by molar-refractivity contribution is 5.78. The van der Waals surface area contributed by atoms with Crippen molar-refractivity contribution in [1.29, 1.82) is 0 Å². The van der Waals surface area contributed by atoms with Gasteiger partial charge in [0.1, 0.15) is 14.1 Å². The van der Waals surface area contributed by atoms with Crippen molar-refractivity contribution in [3.05, 3.63) is 70.5 Å². The van der Waals surface area contributed by atoms with Gasteiger partial charge in [0, 0.05) is 36.1 Å². The number of hydrogen-bond donors (Lipinski definition) is 0. The standard InChI is InChI=1S/C23H28N2/c1-15-10-11-24(6)21(12-15)23-18(4)13-17(3)22(19(23)5)20-9-8-16(2)14-25(20)7/h8-14H,1-7H3/q+2/i1D3,2D3,4D3. The normalized spacial score (nSPS) is 17.8. The summed E-state index contributed by atoms with van der Waals surface area (Å²) in [4.78, 5) is 0. The van der Waals surface area contributed by atoms with Gasteiger partial charge in [-0.25, -0.2) is 9.13 Å². The second-order valence-electron chi connectivity index (χ2n) is 6.44. The van der Waals surface area contributed by atoms with Crippen LogP contribution in [0.15, 0.2) is 42.7 Å². The molecule has 0 N–H and O–H groups in total. The first-order chi connectivity index (χ1) is 15.4.